The van der Waals surface area contributed by atoms with E-state index in [9.17, 15) is 0 Å². The molecule has 0 saturated carbocycles. The number of imidazole rings is 1. The molecule has 0 aliphatic heterocycles. The molecular formula is C13H10Cl2N4O. The smallest absolute Gasteiger partial charge is 0.215 e. The van der Waals surface area contributed by atoms with Crippen LogP contribution in [-0.2, 0) is 0 Å². The van der Waals surface area contributed by atoms with Crippen molar-refractivity contribution in [3.8, 4) is 11.6 Å². The number of aromatic nitrogens is 3. The second kappa shape index (κ2) is 4.85. The Balaban J connectivity index is 2.34. The van der Waals surface area contributed by atoms with Gasteiger partial charge in [0.25, 0.3) is 0 Å². The van der Waals surface area contributed by atoms with Crippen LogP contribution in [0.2, 0.25) is 10.0 Å². The fraction of sp³-hybridized carbons (Fsp3) is 0.0769. The zero-order chi connectivity index (χ0) is 14.3. The number of nitrogens with two attached hydrogens (primary N) is 1. The Bertz CT molecular complexity index is 800. The average molecular weight is 309 g/mol. The quantitative estimate of drug-likeness (QED) is 0.788. The highest BCUT2D eigenvalue weighted by Gasteiger charge is 2.15. The number of anilines is 1. The zero-order valence-electron chi connectivity index (χ0n) is 10.5. The highest BCUT2D eigenvalue weighted by molar-refractivity contribution is 6.34. The molecule has 3 aromatic rings. The first-order valence-electron chi connectivity index (χ1n) is 5.74. The number of ether oxygens (including phenoxy) is 1. The molecule has 20 heavy (non-hydrogen) atoms. The minimum Gasteiger partial charge on any atom is -0.481 e. The molecule has 0 atom stereocenters. The van der Waals surface area contributed by atoms with Gasteiger partial charge in [-0.15, -0.1) is 0 Å². The van der Waals surface area contributed by atoms with Crippen LogP contribution in [0, 0.1) is 0 Å². The second-order valence-corrected chi connectivity index (χ2v) is 4.94. The summed E-state index contributed by atoms with van der Waals surface area (Å²) in [6.07, 6.45) is 0. The van der Waals surface area contributed by atoms with Gasteiger partial charge < -0.3 is 10.5 Å². The Labute approximate surface area is 124 Å². The highest BCUT2D eigenvalue weighted by Crippen LogP contribution is 2.30. The SMILES string of the molecule is COc1ccc2nc(N)n(-c3cc(Cl)ccc3Cl)c2n1. The lowest BCUT2D eigenvalue weighted by Gasteiger charge is -2.09. The molecule has 0 aliphatic carbocycles. The van der Waals surface area contributed by atoms with Crippen LogP contribution in [0.5, 0.6) is 5.88 Å². The molecule has 0 amide bonds. The van der Waals surface area contributed by atoms with Crippen molar-refractivity contribution in [2.24, 2.45) is 0 Å². The summed E-state index contributed by atoms with van der Waals surface area (Å²) in [7, 11) is 1.55. The van der Waals surface area contributed by atoms with Crippen LogP contribution in [0.25, 0.3) is 16.9 Å². The third-order valence-electron chi connectivity index (χ3n) is 2.86. The molecule has 2 N–H and O–H groups in total. The van der Waals surface area contributed by atoms with Gasteiger partial charge in [-0.2, -0.15) is 4.98 Å². The van der Waals surface area contributed by atoms with Crippen molar-refractivity contribution in [2.45, 2.75) is 0 Å². The van der Waals surface area contributed by atoms with Gasteiger partial charge in [-0.05, 0) is 24.3 Å². The van der Waals surface area contributed by atoms with Crippen LogP contribution in [0.4, 0.5) is 5.95 Å². The van der Waals surface area contributed by atoms with Gasteiger partial charge in [0.05, 0.1) is 17.8 Å². The summed E-state index contributed by atoms with van der Waals surface area (Å²) in [6.45, 7) is 0. The Kier molecular flexibility index (Phi) is 3.16. The number of rotatable bonds is 2. The van der Waals surface area contributed by atoms with Crippen molar-refractivity contribution >= 4 is 40.3 Å². The molecule has 0 saturated heterocycles. The van der Waals surface area contributed by atoms with E-state index >= 15 is 0 Å². The number of nitrogens with zero attached hydrogens (tertiary/aromatic N) is 3. The lowest BCUT2D eigenvalue weighted by Crippen LogP contribution is -2.02. The Hall–Kier alpha value is -1.98. The minimum atomic E-state index is 0.282. The van der Waals surface area contributed by atoms with Gasteiger partial charge in [0.15, 0.2) is 5.65 Å². The largest absolute Gasteiger partial charge is 0.481 e. The monoisotopic (exact) mass is 308 g/mol. The fourth-order valence-corrected chi connectivity index (χ4v) is 2.33. The number of benzene rings is 1. The van der Waals surface area contributed by atoms with Crippen LogP contribution >= 0.6 is 23.2 Å². The number of hydrogen-bond acceptors (Lipinski definition) is 4. The summed E-state index contributed by atoms with van der Waals surface area (Å²) >= 11 is 12.2. The fourth-order valence-electron chi connectivity index (χ4n) is 1.97. The Morgan fingerprint density at radius 3 is 2.70 bits per heavy atom. The number of methoxy groups -OCH3 is 1. The van der Waals surface area contributed by atoms with Gasteiger partial charge in [0, 0.05) is 11.1 Å². The number of pyridine rings is 1. The summed E-state index contributed by atoms with van der Waals surface area (Å²) in [5, 5.41) is 1.05. The van der Waals surface area contributed by atoms with Crippen molar-refractivity contribution in [3.05, 3.63) is 40.4 Å². The number of hydrogen-bond donors (Lipinski definition) is 1. The van der Waals surface area contributed by atoms with Crippen LogP contribution in [0.3, 0.4) is 0 Å². The van der Waals surface area contributed by atoms with Crippen molar-refractivity contribution in [1.29, 1.82) is 0 Å². The molecular weight excluding hydrogens is 299 g/mol. The molecule has 2 heterocycles. The van der Waals surface area contributed by atoms with E-state index in [0.717, 1.165) is 0 Å². The van der Waals surface area contributed by atoms with E-state index in [0.29, 0.717) is 32.8 Å². The van der Waals surface area contributed by atoms with E-state index in [2.05, 4.69) is 9.97 Å². The highest BCUT2D eigenvalue weighted by atomic mass is 35.5. The summed E-state index contributed by atoms with van der Waals surface area (Å²) < 4.78 is 6.77. The van der Waals surface area contributed by atoms with Gasteiger partial charge in [-0.3, -0.25) is 4.57 Å². The predicted octanol–water partition coefficient (Wildman–Crippen LogP) is 3.32. The normalized spacial score (nSPS) is 10.9. The molecule has 5 nitrogen and oxygen atoms in total. The van der Waals surface area contributed by atoms with E-state index in [1.807, 2.05) is 0 Å². The third kappa shape index (κ3) is 2.05. The molecule has 3 rings (SSSR count). The molecule has 0 spiro atoms. The Morgan fingerprint density at radius 2 is 1.95 bits per heavy atom. The topological polar surface area (TPSA) is 66.0 Å². The van der Waals surface area contributed by atoms with Gasteiger partial charge in [0.2, 0.25) is 11.8 Å². The standard InChI is InChI=1S/C13H10Cl2N4O/c1-20-11-5-4-9-12(18-11)19(13(16)17-9)10-6-7(14)2-3-8(10)15/h2-6H,1H3,(H2,16,17). The average Bonchev–Trinajstić information content (AvgIpc) is 2.76. The van der Waals surface area contributed by atoms with E-state index in [1.54, 1.807) is 42.0 Å². The molecule has 0 radical (unpaired) electrons. The van der Waals surface area contributed by atoms with Crippen molar-refractivity contribution in [2.75, 3.05) is 12.8 Å². The van der Waals surface area contributed by atoms with Gasteiger partial charge >= 0.3 is 0 Å². The summed E-state index contributed by atoms with van der Waals surface area (Å²) in [4.78, 5) is 8.61. The number of fused-ring (bicyclic) bond motifs is 1. The molecule has 102 valence electrons. The van der Waals surface area contributed by atoms with Crippen molar-refractivity contribution in [1.82, 2.24) is 14.5 Å². The first-order valence-corrected chi connectivity index (χ1v) is 6.50. The molecule has 7 heteroatoms. The third-order valence-corrected chi connectivity index (χ3v) is 3.42. The van der Waals surface area contributed by atoms with Crippen LogP contribution in [0.15, 0.2) is 30.3 Å². The summed E-state index contributed by atoms with van der Waals surface area (Å²) in [5.74, 6) is 0.752. The van der Waals surface area contributed by atoms with E-state index in [4.69, 9.17) is 33.7 Å². The molecule has 0 aliphatic rings. The lowest BCUT2D eigenvalue weighted by molar-refractivity contribution is 0.399. The van der Waals surface area contributed by atoms with E-state index in [1.165, 1.54) is 0 Å². The van der Waals surface area contributed by atoms with Gasteiger partial charge in [-0.1, -0.05) is 23.2 Å². The zero-order valence-corrected chi connectivity index (χ0v) is 12.0. The van der Waals surface area contributed by atoms with E-state index < -0.39 is 0 Å². The van der Waals surface area contributed by atoms with Gasteiger partial charge in [0.1, 0.15) is 5.52 Å². The van der Waals surface area contributed by atoms with Gasteiger partial charge in [-0.25, -0.2) is 4.98 Å². The number of halogens is 2. The molecule has 0 unspecified atom stereocenters. The maximum Gasteiger partial charge on any atom is 0.215 e. The minimum absolute atomic E-state index is 0.282. The molecule has 2 aromatic heterocycles. The first kappa shape index (κ1) is 13.0. The molecule has 1 aromatic carbocycles. The van der Waals surface area contributed by atoms with Crippen molar-refractivity contribution in [3.63, 3.8) is 0 Å². The Morgan fingerprint density at radius 1 is 1.15 bits per heavy atom. The number of nitrogen functional groups attached to an aromatic ring is 1. The van der Waals surface area contributed by atoms with Crippen LogP contribution in [0.1, 0.15) is 0 Å². The van der Waals surface area contributed by atoms with Crippen molar-refractivity contribution < 1.29 is 4.74 Å². The first-order chi connectivity index (χ1) is 9.60. The molecule has 0 bridgehead atoms. The lowest BCUT2D eigenvalue weighted by atomic mass is 10.3. The summed E-state index contributed by atoms with van der Waals surface area (Å²) in [6, 6.07) is 8.62. The second-order valence-electron chi connectivity index (χ2n) is 4.10. The maximum atomic E-state index is 6.21. The predicted molar refractivity (Wildman–Crippen MR) is 79.8 cm³/mol. The van der Waals surface area contributed by atoms with E-state index in [-0.39, 0.29) is 5.95 Å². The van der Waals surface area contributed by atoms with Crippen LogP contribution < -0.4 is 10.5 Å². The maximum absolute atomic E-state index is 6.21. The van der Waals surface area contributed by atoms with Crippen LogP contribution in [-0.4, -0.2) is 21.6 Å². The summed E-state index contributed by atoms with van der Waals surface area (Å²) in [5.41, 5.74) is 7.80. The molecule has 0 fully saturated rings.